The largest absolute Gasteiger partial charge is 0.479 e. The summed E-state index contributed by atoms with van der Waals surface area (Å²) in [6, 6.07) is 0. The summed E-state index contributed by atoms with van der Waals surface area (Å²) < 4.78 is 0. The second kappa shape index (κ2) is 5.82. The summed E-state index contributed by atoms with van der Waals surface area (Å²) in [4.78, 5) is 11.7. The highest BCUT2D eigenvalue weighted by molar-refractivity contribution is 5.78. The maximum absolute atomic E-state index is 11.7. The van der Waals surface area contributed by atoms with Gasteiger partial charge in [0.1, 0.15) is 0 Å². The lowest BCUT2D eigenvalue weighted by Gasteiger charge is -2.43. The lowest BCUT2D eigenvalue weighted by atomic mass is 9.64. The molecular weight excluding hydrogens is 240 g/mol. The van der Waals surface area contributed by atoms with Gasteiger partial charge in [0, 0.05) is 0 Å². The molecule has 3 heteroatoms. The Hall–Kier alpha value is -0.570. The van der Waals surface area contributed by atoms with Gasteiger partial charge in [0.25, 0.3) is 0 Å². The highest BCUT2D eigenvalue weighted by Gasteiger charge is 2.51. The van der Waals surface area contributed by atoms with Gasteiger partial charge < -0.3 is 10.2 Å². The second-order valence-electron chi connectivity index (χ2n) is 7.04. The van der Waals surface area contributed by atoms with Gasteiger partial charge in [0.05, 0.1) is 0 Å². The molecule has 2 N–H and O–H groups in total. The molecular formula is C16H28O3. The summed E-state index contributed by atoms with van der Waals surface area (Å²) in [5.74, 6) is 0.298. The number of carbonyl (C=O) groups is 1. The van der Waals surface area contributed by atoms with Crippen molar-refractivity contribution in [3.63, 3.8) is 0 Å². The van der Waals surface area contributed by atoms with Crippen molar-refractivity contribution in [2.45, 2.75) is 70.8 Å². The highest BCUT2D eigenvalue weighted by atomic mass is 16.4. The molecule has 2 rings (SSSR count). The Morgan fingerprint density at radius 2 is 1.16 bits per heavy atom. The second-order valence-corrected chi connectivity index (χ2v) is 7.04. The molecule has 0 radical (unpaired) electrons. The molecule has 0 saturated heterocycles. The number of aliphatic hydroxyl groups is 1. The highest BCUT2D eigenvalue weighted by Crippen LogP contribution is 2.44. The van der Waals surface area contributed by atoms with Crippen LogP contribution in [-0.2, 0) is 4.79 Å². The fraction of sp³-hybridized carbons (Fsp3) is 0.938. The monoisotopic (exact) mass is 268 g/mol. The topological polar surface area (TPSA) is 57.5 Å². The quantitative estimate of drug-likeness (QED) is 0.824. The molecule has 0 bridgehead atoms. The van der Waals surface area contributed by atoms with E-state index in [1.165, 1.54) is 0 Å². The Morgan fingerprint density at radius 1 is 0.842 bits per heavy atom. The molecule has 2 aliphatic rings. The minimum absolute atomic E-state index is 0.0420. The van der Waals surface area contributed by atoms with E-state index in [1.54, 1.807) is 0 Å². The van der Waals surface area contributed by atoms with Gasteiger partial charge in [-0.15, -0.1) is 0 Å². The summed E-state index contributed by atoms with van der Waals surface area (Å²) in [5, 5.41) is 20.5. The van der Waals surface area contributed by atoms with Gasteiger partial charge in [-0.05, 0) is 49.4 Å². The molecule has 3 nitrogen and oxygen atoms in total. The number of rotatable bonds is 3. The number of carboxylic acid groups (broad SMARTS) is 1. The zero-order chi connectivity index (χ0) is 14.0. The molecule has 0 spiro atoms. The van der Waals surface area contributed by atoms with E-state index in [0.29, 0.717) is 11.8 Å². The van der Waals surface area contributed by atoms with Crippen LogP contribution in [0.1, 0.15) is 65.2 Å². The smallest absolute Gasteiger partial charge is 0.336 e. The van der Waals surface area contributed by atoms with Gasteiger partial charge in [-0.3, -0.25) is 0 Å². The number of aliphatic carboxylic acids is 1. The van der Waals surface area contributed by atoms with Crippen LogP contribution in [0.5, 0.6) is 0 Å². The number of hydrogen-bond acceptors (Lipinski definition) is 2. The molecule has 0 aromatic carbocycles. The van der Waals surface area contributed by atoms with Gasteiger partial charge in [-0.1, -0.05) is 39.5 Å². The number of carboxylic acids is 1. The standard InChI is InChI=1S/C16H28O3/c1-11-3-7-13(8-4-11)16(19,15(17)18)14-9-5-12(2)6-10-14/h11-14,19H,3-10H2,1-2H3,(H,17,18). The average molecular weight is 268 g/mol. The van der Waals surface area contributed by atoms with E-state index in [2.05, 4.69) is 13.8 Å². The fourth-order valence-electron chi connectivity index (χ4n) is 4.08. The van der Waals surface area contributed by atoms with E-state index in [0.717, 1.165) is 51.4 Å². The third kappa shape index (κ3) is 2.96. The van der Waals surface area contributed by atoms with Crippen molar-refractivity contribution in [1.29, 1.82) is 0 Å². The van der Waals surface area contributed by atoms with Gasteiger partial charge in [0.2, 0.25) is 0 Å². The summed E-state index contributed by atoms with van der Waals surface area (Å²) >= 11 is 0. The van der Waals surface area contributed by atoms with Crippen LogP contribution in [0, 0.1) is 23.7 Å². The third-order valence-corrected chi connectivity index (χ3v) is 5.62. The summed E-state index contributed by atoms with van der Waals surface area (Å²) in [6.45, 7) is 4.44. The molecule has 0 aliphatic heterocycles. The van der Waals surface area contributed by atoms with Crippen molar-refractivity contribution < 1.29 is 15.0 Å². The van der Waals surface area contributed by atoms with Gasteiger partial charge >= 0.3 is 5.97 Å². The van der Waals surface area contributed by atoms with Crippen molar-refractivity contribution in [3.05, 3.63) is 0 Å². The van der Waals surface area contributed by atoms with Crippen molar-refractivity contribution >= 4 is 5.97 Å². The van der Waals surface area contributed by atoms with E-state index in [9.17, 15) is 15.0 Å². The maximum atomic E-state index is 11.7. The van der Waals surface area contributed by atoms with Crippen LogP contribution in [0.3, 0.4) is 0 Å². The first-order valence-electron chi connectivity index (χ1n) is 7.90. The average Bonchev–Trinajstić information content (AvgIpc) is 2.39. The van der Waals surface area contributed by atoms with Crippen molar-refractivity contribution in [2.75, 3.05) is 0 Å². The normalized spacial score (nSPS) is 39.5. The Kier molecular flexibility index (Phi) is 4.54. The zero-order valence-corrected chi connectivity index (χ0v) is 12.3. The van der Waals surface area contributed by atoms with Crippen LogP contribution in [0.4, 0.5) is 0 Å². The van der Waals surface area contributed by atoms with Crippen LogP contribution in [0.2, 0.25) is 0 Å². The minimum atomic E-state index is -1.47. The van der Waals surface area contributed by atoms with Crippen molar-refractivity contribution in [2.24, 2.45) is 23.7 Å². The fourth-order valence-corrected chi connectivity index (χ4v) is 4.08. The first-order valence-corrected chi connectivity index (χ1v) is 7.90. The summed E-state index contributed by atoms with van der Waals surface area (Å²) in [5.41, 5.74) is -1.47. The van der Waals surface area contributed by atoms with Crippen LogP contribution in [0.25, 0.3) is 0 Å². The van der Waals surface area contributed by atoms with Gasteiger partial charge in [-0.25, -0.2) is 4.79 Å². The molecule has 0 aromatic rings. The first-order chi connectivity index (χ1) is 8.94. The lowest BCUT2D eigenvalue weighted by Crippen LogP contribution is -2.53. The van der Waals surface area contributed by atoms with E-state index in [4.69, 9.17) is 0 Å². The molecule has 0 heterocycles. The van der Waals surface area contributed by atoms with E-state index in [-0.39, 0.29) is 11.8 Å². The Balaban J connectivity index is 2.11. The first kappa shape index (κ1) is 14.8. The summed E-state index contributed by atoms with van der Waals surface area (Å²) in [6.07, 6.45) is 7.72. The number of hydrogen-bond donors (Lipinski definition) is 2. The molecule has 0 unspecified atom stereocenters. The van der Waals surface area contributed by atoms with Crippen LogP contribution >= 0.6 is 0 Å². The predicted octanol–water partition coefficient (Wildman–Crippen LogP) is 3.45. The van der Waals surface area contributed by atoms with E-state index >= 15 is 0 Å². The summed E-state index contributed by atoms with van der Waals surface area (Å²) in [7, 11) is 0. The zero-order valence-electron chi connectivity index (χ0n) is 12.3. The molecule has 2 saturated carbocycles. The van der Waals surface area contributed by atoms with Crippen LogP contribution < -0.4 is 0 Å². The molecule has 2 fully saturated rings. The molecule has 0 aromatic heterocycles. The minimum Gasteiger partial charge on any atom is -0.479 e. The SMILES string of the molecule is CC1CCC(C(O)(C(=O)O)C2CCC(C)CC2)CC1. The molecule has 110 valence electrons. The van der Waals surface area contributed by atoms with Crippen molar-refractivity contribution in [1.82, 2.24) is 0 Å². The lowest BCUT2D eigenvalue weighted by molar-refractivity contribution is -0.179. The van der Waals surface area contributed by atoms with Crippen LogP contribution in [-0.4, -0.2) is 21.8 Å². The Morgan fingerprint density at radius 3 is 1.42 bits per heavy atom. The Bertz CT molecular complexity index is 288. The van der Waals surface area contributed by atoms with Crippen molar-refractivity contribution in [3.8, 4) is 0 Å². The molecule has 0 amide bonds. The van der Waals surface area contributed by atoms with E-state index in [1.807, 2.05) is 0 Å². The van der Waals surface area contributed by atoms with Gasteiger partial charge in [-0.2, -0.15) is 0 Å². The maximum Gasteiger partial charge on any atom is 0.336 e. The Labute approximate surface area is 116 Å². The predicted molar refractivity (Wildman–Crippen MR) is 74.8 cm³/mol. The molecule has 19 heavy (non-hydrogen) atoms. The van der Waals surface area contributed by atoms with Crippen LogP contribution in [0.15, 0.2) is 0 Å². The van der Waals surface area contributed by atoms with Gasteiger partial charge in [0.15, 0.2) is 5.60 Å². The molecule has 2 aliphatic carbocycles. The molecule has 0 atom stereocenters. The van der Waals surface area contributed by atoms with E-state index < -0.39 is 11.6 Å². The third-order valence-electron chi connectivity index (χ3n) is 5.62.